The lowest BCUT2D eigenvalue weighted by atomic mass is 9.94. The van der Waals surface area contributed by atoms with E-state index >= 15 is 0 Å². The second-order valence-corrected chi connectivity index (χ2v) is 6.61. The third kappa shape index (κ3) is 2.88. The van der Waals surface area contributed by atoms with Crippen LogP contribution in [0, 0.1) is 0 Å². The maximum Gasteiger partial charge on any atom is 0.178 e. The van der Waals surface area contributed by atoms with Crippen molar-refractivity contribution >= 4 is 22.8 Å². The highest BCUT2D eigenvalue weighted by Crippen LogP contribution is 2.35. The number of thiophene rings is 1. The van der Waals surface area contributed by atoms with Gasteiger partial charge in [0.1, 0.15) is 0 Å². The van der Waals surface area contributed by atoms with Gasteiger partial charge in [-0.05, 0) is 35.6 Å². The number of ether oxygens (including phenoxy) is 2. The van der Waals surface area contributed by atoms with E-state index in [4.69, 9.17) is 9.47 Å². The Morgan fingerprint density at radius 2 is 2.04 bits per heavy atom. The first kappa shape index (κ1) is 14.5. The summed E-state index contributed by atoms with van der Waals surface area (Å²) in [4.78, 5) is 17.8. The summed E-state index contributed by atoms with van der Waals surface area (Å²) >= 11 is 1.48. The summed E-state index contributed by atoms with van der Waals surface area (Å²) in [5.41, 5.74) is 3.09. The first-order chi connectivity index (χ1) is 11.3. The van der Waals surface area contributed by atoms with E-state index in [1.807, 2.05) is 23.6 Å². The molecule has 0 saturated heterocycles. The van der Waals surface area contributed by atoms with Crippen LogP contribution >= 0.6 is 11.3 Å². The SMILES string of the molecule is O=C(CC1=NCCc2cc3c(cc21)OCCCO3)c1cccs1. The van der Waals surface area contributed by atoms with E-state index in [0.717, 1.165) is 47.0 Å². The molecule has 4 nitrogen and oxygen atoms in total. The third-order valence-corrected chi connectivity index (χ3v) is 5.00. The highest BCUT2D eigenvalue weighted by Gasteiger charge is 2.22. The molecule has 4 rings (SSSR count). The number of Topliss-reactive ketones (excluding diaryl/α,β-unsaturated/α-hetero) is 1. The smallest absolute Gasteiger partial charge is 0.178 e. The molecule has 0 aliphatic carbocycles. The second kappa shape index (κ2) is 6.16. The van der Waals surface area contributed by atoms with E-state index in [0.29, 0.717) is 19.6 Å². The fraction of sp³-hybridized carbons (Fsp3) is 0.333. The van der Waals surface area contributed by atoms with Crippen molar-refractivity contribution in [2.45, 2.75) is 19.3 Å². The zero-order chi connectivity index (χ0) is 15.6. The molecule has 5 heteroatoms. The molecule has 0 saturated carbocycles. The number of carbonyl (C=O) groups excluding carboxylic acids is 1. The Bertz CT molecular complexity index is 765. The molecular formula is C18H17NO3S. The Morgan fingerprint density at radius 1 is 1.22 bits per heavy atom. The number of ketones is 1. The lowest BCUT2D eigenvalue weighted by molar-refractivity contribution is 0.100. The first-order valence-electron chi connectivity index (χ1n) is 7.84. The van der Waals surface area contributed by atoms with Gasteiger partial charge >= 0.3 is 0 Å². The fourth-order valence-electron chi connectivity index (χ4n) is 2.95. The van der Waals surface area contributed by atoms with Gasteiger partial charge in [-0.15, -0.1) is 11.3 Å². The summed E-state index contributed by atoms with van der Waals surface area (Å²) in [5.74, 6) is 1.70. The summed E-state index contributed by atoms with van der Waals surface area (Å²) < 4.78 is 11.5. The van der Waals surface area contributed by atoms with Gasteiger partial charge in [-0.2, -0.15) is 0 Å². The lowest BCUT2D eigenvalue weighted by Crippen LogP contribution is -2.17. The van der Waals surface area contributed by atoms with Crippen LogP contribution in [-0.4, -0.2) is 31.3 Å². The topological polar surface area (TPSA) is 47.9 Å². The predicted molar refractivity (Wildman–Crippen MR) is 90.4 cm³/mol. The number of aliphatic imine (C=N–C) groups is 1. The number of fused-ring (bicyclic) bond motifs is 2. The highest BCUT2D eigenvalue weighted by molar-refractivity contribution is 7.12. The van der Waals surface area contributed by atoms with Crippen LogP contribution in [0.2, 0.25) is 0 Å². The van der Waals surface area contributed by atoms with Gasteiger partial charge in [-0.3, -0.25) is 9.79 Å². The molecule has 1 aromatic carbocycles. The summed E-state index contributed by atoms with van der Waals surface area (Å²) in [7, 11) is 0. The summed E-state index contributed by atoms with van der Waals surface area (Å²) in [6.45, 7) is 2.07. The third-order valence-electron chi connectivity index (χ3n) is 4.09. The fourth-order valence-corrected chi connectivity index (χ4v) is 3.61. The van der Waals surface area contributed by atoms with E-state index in [1.165, 1.54) is 16.9 Å². The Kier molecular flexibility index (Phi) is 3.87. The molecule has 0 atom stereocenters. The molecule has 2 aromatic rings. The molecule has 2 aliphatic rings. The molecule has 0 N–H and O–H groups in total. The van der Waals surface area contributed by atoms with Gasteiger partial charge < -0.3 is 9.47 Å². The van der Waals surface area contributed by atoms with Crippen molar-refractivity contribution in [2.24, 2.45) is 4.99 Å². The van der Waals surface area contributed by atoms with Crippen molar-refractivity contribution in [3.05, 3.63) is 45.6 Å². The van der Waals surface area contributed by atoms with Crippen LogP contribution in [0.1, 0.15) is 33.6 Å². The number of nitrogens with zero attached hydrogens (tertiary/aromatic N) is 1. The van der Waals surface area contributed by atoms with Gasteiger partial charge in [0.25, 0.3) is 0 Å². The standard InChI is InChI=1S/C18H17NO3S/c20-15(18-3-1-8-23-18)11-14-13-10-17-16(21-6-2-7-22-17)9-12(13)4-5-19-14/h1,3,8-10H,2,4-7,11H2. The molecule has 23 heavy (non-hydrogen) atoms. The van der Waals surface area contributed by atoms with Crippen molar-refractivity contribution in [3.8, 4) is 11.5 Å². The van der Waals surface area contributed by atoms with Crippen molar-refractivity contribution in [1.82, 2.24) is 0 Å². The Balaban J connectivity index is 1.65. The molecule has 0 unspecified atom stereocenters. The first-order valence-corrected chi connectivity index (χ1v) is 8.72. The van der Waals surface area contributed by atoms with Gasteiger partial charge in [0.2, 0.25) is 0 Å². The molecule has 3 heterocycles. The molecule has 0 amide bonds. The van der Waals surface area contributed by atoms with Crippen LogP contribution < -0.4 is 9.47 Å². The van der Waals surface area contributed by atoms with Crippen molar-refractivity contribution in [3.63, 3.8) is 0 Å². The van der Waals surface area contributed by atoms with E-state index in [9.17, 15) is 4.79 Å². The van der Waals surface area contributed by atoms with Gasteiger partial charge in [-0.25, -0.2) is 0 Å². The second-order valence-electron chi connectivity index (χ2n) is 5.66. The minimum absolute atomic E-state index is 0.124. The zero-order valence-corrected chi connectivity index (χ0v) is 13.5. The van der Waals surface area contributed by atoms with Gasteiger partial charge in [0.15, 0.2) is 17.3 Å². The maximum absolute atomic E-state index is 12.4. The molecule has 1 aromatic heterocycles. The zero-order valence-electron chi connectivity index (χ0n) is 12.7. The molecule has 2 aliphatic heterocycles. The Hall–Kier alpha value is -2.14. The van der Waals surface area contributed by atoms with Crippen LogP contribution in [0.15, 0.2) is 34.6 Å². The van der Waals surface area contributed by atoms with Crippen LogP contribution in [0.5, 0.6) is 11.5 Å². The largest absolute Gasteiger partial charge is 0.490 e. The van der Waals surface area contributed by atoms with Crippen LogP contribution in [-0.2, 0) is 6.42 Å². The number of carbonyl (C=O) groups is 1. The van der Waals surface area contributed by atoms with Crippen LogP contribution in [0.4, 0.5) is 0 Å². The molecule has 0 fully saturated rings. The minimum Gasteiger partial charge on any atom is -0.490 e. The summed E-state index contributed by atoms with van der Waals surface area (Å²) in [6.07, 6.45) is 2.10. The quantitative estimate of drug-likeness (QED) is 0.810. The monoisotopic (exact) mass is 327 g/mol. The normalized spacial score (nSPS) is 16.3. The minimum atomic E-state index is 0.124. The van der Waals surface area contributed by atoms with E-state index in [2.05, 4.69) is 11.1 Å². The van der Waals surface area contributed by atoms with Gasteiger partial charge in [-0.1, -0.05) is 6.07 Å². The summed E-state index contributed by atoms with van der Waals surface area (Å²) in [5, 5.41) is 1.93. The van der Waals surface area contributed by atoms with Gasteiger partial charge in [0.05, 0.1) is 30.2 Å². The lowest BCUT2D eigenvalue weighted by Gasteiger charge is -2.19. The predicted octanol–water partition coefficient (Wildman–Crippen LogP) is 3.53. The van der Waals surface area contributed by atoms with E-state index in [1.54, 1.807) is 0 Å². The molecule has 0 radical (unpaired) electrons. The molecule has 0 spiro atoms. The van der Waals surface area contributed by atoms with Crippen LogP contribution in [0.25, 0.3) is 0 Å². The van der Waals surface area contributed by atoms with Crippen molar-refractivity contribution in [1.29, 1.82) is 0 Å². The number of hydrogen-bond acceptors (Lipinski definition) is 5. The maximum atomic E-state index is 12.4. The highest BCUT2D eigenvalue weighted by atomic mass is 32.1. The van der Waals surface area contributed by atoms with Crippen molar-refractivity contribution < 1.29 is 14.3 Å². The molecule has 0 bridgehead atoms. The van der Waals surface area contributed by atoms with E-state index < -0.39 is 0 Å². The number of hydrogen-bond donors (Lipinski definition) is 0. The Labute approximate surface area is 138 Å². The molecule has 118 valence electrons. The average Bonchev–Trinajstić information content (AvgIpc) is 3.00. The van der Waals surface area contributed by atoms with Gasteiger partial charge in [0, 0.05) is 18.5 Å². The van der Waals surface area contributed by atoms with Crippen molar-refractivity contribution in [2.75, 3.05) is 19.8 Å². The average molecular weight is 327 g/mol. The Morgan fingerprint density at radius 3 is 2.83 bits per heavy atom. The molecular weight excluding hydrogens is 310 g/mol. The number of benzene rings is 1. The van der Waals surface area contributed by atoms with Crippen LogP contribution in [0.3, 0.4) is 0 Å². The number of rotatable bonds is 3. The summed E-state index contributed by atoms with van der Waals surface area (Å²) in [6, 6.07) is 7.82. The van der Waals surface area contributed by atoms with E-state index in [-0.39, 0.29) is 5.78 Å².